The van der Waals surface area contributed by atoms with E-state index in [1.165, 1.54) is 29.5 Å². The third kappa shape index (κ3) is 5.08. The first kappa shape index (κ1) is 25.6. The van der Waals surface area contributed by atoms with Gasteiger partial charge in [0.15, 0.2) is 10.8 Å². The number of ether oxygens (including phenoxy) is 2. The summed E-state index contributed by atoms with van der Waals surface area (Å²) < 4.78 is 25.3. The number of nitrogens with zero attached hydrogens (tertiary/aromatic N) is 4. The number of halogens is 2. The van der Waals surface area contributed by atoms with E-state index in [1.54, 1.807) is 11.8 Å². The standard InChI is InChI=1S/C22H25BrFN5O5S/c1-3-34-21(32)22(14-5-4-13(24)8-15(14)23)11-25-18(19-28-27-12(2)35-19)26-17(22)9-29-6-7-33-10-16(29)20(30)31/h4-5,8,16-17H,3,6-7,9-11H2,1-2H3,(H,25,26)(H,30,31). The summed E-state index contributed by atoms with van der Waals surface area (Å²) in [5, 5.41) is 22.6. The number of nitrogens with one attached hydrogen (secondary N) is 1. The molecule has 1 aromatic heterocycles. The monoisotopic (exact) mass is 569 g/mol. The normalized spacial score (nSPS) is 25.0. The Morgan fingerprint density at radius 3 is 2.89 bits per heavy atom. The molecular formula is C22H25BrFN5O5S. The van der Waals surface area contributed by atoms with Gasteiger partial charge in [-0.2, -0.15) is 0 Å². The fourth-order valence-electron chi connectivity index (χ4n) is 4.39. The van der Waals surface area contributed by atoms with Crippen LogP contribution in [0.3, 0.4) is 0 Å². The van der Waals surface area contributed by atoms with Crippen molar-refractivity contribution in [2.75, 3.05) is 39.5 Å². The predicted molar refractivity (Wildman–Crippen MR) is 129 cm³/mol. The van der Waals surface area contributed by atoms with Crippen LogP contribution in [0.25, 0.3) is 0 Å². The lowest BCUT2D eigenvalue weighted by atomic mass is 9.72. The van der Waals surface area contributed by atoms with Crippen molar-refractivity contribution in [3.8, 4) is 0 Å². The highest BCUT2D eigenvalue weighted by Crippen LogP contribution is 2.39. The fourth-order valence-corrected chi connectivity index (χ4v) is 5.76. The summed E-state index contributed by atoms with van der Waals surface area (Å²) in [6.45, 7) is 4.58. The second kappa shape index (κ2) is 10.6. The first-order valence-electron chi connectivity index (χ1n) is 11.0. The molecule has 0 bridgehead atoms. The Balaban J connectivity index is 1.83. The maximum atomic E-state index is 14.0. The van der Waals surface area contributed by atoms with E-state index in [0.717, 1.165) is 5.01 Å². The molecule has 3 heterocycles. The number of aryl methyl sites for hydroxylation is 1. The Morgan fingerprint density at radius 1 is 1.43 bits per heavy atom. The molecular weight excluding hydrogens is 545 g/mol. The first-order valence-corrected chi connectivity index (χ1v) is 12.7. The molecule has 10 nitrogen and oxygen atoms in total. The molecule has 2 aliphatic rings. The van der Waals surface area contributed by atoms with Crippen molar-refractivity contribution in [1.82, 2.24) is 20.4 Å². The Morgan fingerprint density at radius 2 is 2.23 bits per heavy atom. The minimum absolute atomic E-state index is 0.0101. The number of amidine groups is 1. The number of hydrogen-bond donors (Lipinski definition) is 2. The number of aromatic nitrogens is 2. The number of carbonyl (C=O) groups excluding carboxylic acids is 1. The van der Waals surface area contributed by atoms with E-state index in [1.807, 2.05) is 6.92 Å². The number of carboxylic acid groups (broad SMARTS) is 1. The number of carboxylic acids is 1. The Kier molecular flexibility index (Phi) is 7.79. The lowest BCUT2D eigenvalue weighted by Crippen LogP contribution is -2.66. The summed E-state index contributed by atoms with van der Waals surface area (Å²) >= 11 is 4.77. The maximum Gasteiger partial charge on any atom is 0.323 e. The fraction of sp³-hybridized carbons (Fsp3) is 0.500. The summed E-state index contributed by atoms with van der Waals surface area (Å²) in [6, 6.07) is 2.54. The zero-order valence-electron chi connectivity index (χ0n) is 19.2. The zero-order valence-corrected chi connectivity index (χ0v) is 21.6. The summed E-state index contributed by atoms with van der Waals surface area (Å²) in [4.78, 5) is 32.0. The van der Waals surface area contributed by atoms with E-state index >= 15 is 0 Å². The van der Waals surface area contributed by atoms with Crippen LogP contribution in [-0.2, 0) is 24.5 Å². The van der Waals surface area contributed by atoms with E-state index in [9.17, 15) is 19.1 Å². The second-order valence-corrected chi connectivity index (χ2v) is 10.3. The smallest absolute Gasteiger partial charge is 0.323 e. The molecule has 0 spiro atoms. The summed E-state index contributed by atoms with van der Waals surface area (Å²) in [7, 11) is 0. The van der Waals surface area contributed by atoms with Gasteiger partial charge < -0.3 is 19.9 Å². The van der Waals surface area contributed by atoms with Crippen LogP contribution in [0, 0.1) is 12.7 Å². The molecule has 13 heteroatoms. The molecule has 35 heavy (non-hydrogen) atoms. The van der Waals surface area contributed by atoms with Crippen LogP contribution in [0.15, 0.2) is 27.7 Å². The quantitative estimate of drug-likeness (QED) is 0.479. The van der Waals surface area contributed by atoms with Gasteiger partial charge >= 0.3 is 11.9 Å². The van der Waals surface area contributed by atoms with Crippen LogP contribution in [0.4, 0.5) is 4.39 Å². The van der Waals surface area contributed by atoms with Gasteiger partial charge in [0.05, 0.1) is 32.4 Å². The van der Waals surface area contributed by atoms with E-state index in [2.05, 4.69) is 36.4 Å². The average Bonchev–Trinajstić information content (AvgIpc) is 3.26. The molecule has 2 N–H and O–H groups in total. The highest BCUT2D eigenvalue weighted by molar-refractivity contribution is 9.10. The van der Waals surface area contributed by atoms with Gasteiger partial charge in [-0.25, -0.2) is 4.39 Å². The molecule has 3 unspecified atom stereocenters. The van der Waals surface area contributed by atoms with Gasteiger partial charge in [-0.15, -0.1) is 10.2 Å². The Labute approximate surface area is 213 Å². The third-order valence-corrected chi connectivity index (χ3v) is 7.62. The van der Waals surface area contributed by atoms with Crippen LogP contribution >= 0.6 is 27.3 Å². The van der Waals surface area contributed by atoms with E-state index in [4.69, 9.17) is 9.47 Å². The van der Waals surface area contributed by atoms with E-state index < -0.39 is 35.3 Å². The van der Waals surface area contributed by atoms with Crippen molar-refractivity contribution in [3.05, 3.63) is 44.1 Å². The zero-order chi connectivity index (χ0) is 25.2. The summed E-state index contributed by atoms with van der Waals surface area (Å²) in [5.74, 6) is -1.56. The van der Waals surface area contributed by atoms with Crippen molar-refractivity contribution >= 4 is 45.0 Å². The van der Waals surface area contributed by atoms with Gasteiger partial charge in [0.25, 0.3) is 0 Å². The number of esters is 1. The number of rotatable bonds is 7. The van der Waals surface area contributed by atoms with Crippen LogP contribution in [0.2, 0.25) is 0 Å². The van der Waals surface area contributed by atoms with E-state index in [0.29, 0.717) is 34.0 Å². The van der Waals surface area contributed by atoms with Gasteiger partial charge in [0.1, 0.15) is 22.3 Å². The maximum absolute atomic E-state index is 14.0. The molecule has 0 amide bonds. The first-order chi connectivity index (χ1) is 16.8. The minimum atomic E-state index is -1.37. The summed E-state index contributed by atoms with van der Waals surface area (Å²) in [6.07, 6.45) is 0. The molecule has 4 rings (SSSR count). The number of hydrogen-bond acceptors (Lipinski definition) is 10. The van der Waals surface area contributed by atoms with Gasteiger partial charge in [0, 0.05) is 17.6 Å². The molecule has 0 saturated carbocycles. The minimum Gasteiger partial charge on any atom is -0.480 e. The van der Waals surface area contributed by atoms with E-state index in [-0.39, 0.29) is 26.3 Å². The van der Waals surface area contributed by atoms with Crippen molar-refractivity contribution in [1.29, 1.82) is 0 Å². The molecule has 1 aromatic carbocycles. The van der Waals surface area contributed by atoms with Crippen molar-refractivity contribution in [2.45, 2.75) is 31.3 Å². The average molecular weight is 570 g/mol. The molecule has 1 fully saturated rings. The highest BCUT2D eigenvalue weighted by atomic mass is 79.9. The van der Waals surface area contributed by atoms with Crippen LogP contribution in [0.5, 0.6) is 0 Å². The van der Waals surface area contributed by atoms with Crippen molar-refractivity contribution in [2.24, 2.45) is 4.99 Å². The third-order valence-electron chi connectivity index (χ3n) is 6.11. The van der Waals surface area contributed by atoms with Gasteiger partial charge in [-0.1, -0.05) is 33.3 Å². The predicted octanol–water partition coefficient (Wildman–Crippen LogP) is 1.75. The second-order valence-electron chi connectivity index (χ2n) is 8.23. The largest absolute Gasteiger partial charge is 0.480 e. The molecule has 188 valence electrons. The van der Waals surface area contributed by atoms with Crippen LogP contribution < -0.4 is 5.32 Å². The number of morpholine rings is 1. The number of aliphatic carboxylic acids is 1. The molecule has 1 saturated heterocycles. The van der Waals surface area contributed by atoms with Crippen molar-refractivity contribution < 1.29 is 28.6 Å². The number of benzene rings is 1. The van der Waals surface area contributed by atoms with Crippen LogP contribution in [0.1, 0.15) is 22.5 Å². The van der Waals surface area contributed by atoms with Gasteiger partial charge in [0.2, 0.25) is 0 Å². The molecule has 3 atom stereocenters. The molecule has 0 aliphatic carbocycles. The SMILES string of the molecule is CCOC(=O)C1(c2ccc(F)cc2Br)CN=C(c2nnc(C)s2)NC1CN1CCOCC1C(=O)O. The lowest BCUT2D eigenvalue weighted by molar-refractivity contribution is -0.153. The lowest BCUT2D eigenvalue weighted by Gasteiger charge is -2.45. The molecule has 0 radical (unpaired) electrons. The molecule has 2 aromatic rings. The summed E-state index contributed by atoms with van der Waals surface area (Å²) in [5.41, 5.74) is -0.876. The Hall–Kier alpha value is -2.48. The van der Waals surface area contributed by atoms with Crippen molar-refractivity contribution in [3.63, 3.8) is 0 Å². The molecule has 2 aliphatic heterocycles. The van der Waals surface area contributed by atoms with Crippen LogP contribution in [-0.4, -0.2) is 89.5 Å². The Bertz CT molecular complexity index is 1150. The number of carbonyl (C=O) groups is 2. The van der Waals surface area contributed by atoms with Gasteiger partial charge in [-0.3, -0.25) is 19.5 Å². The number of aliphatic imine (C=N–C) groups is 1. The topological polar surface area (TPSA) is 126 Å². The van der Waals surface area contributed by atoms with Gasteiger partial charge in [-0.05, 0) is 31.5 Å². The highest BCUT2D eigenvalue weighted by Gasteiger charge is 2.53.